The van der Waals surface area contributed by atoms with E-state index in [0.29, 0.717) is 12.8 Å². The quantitative estimate of drug-likeness (QED) is 0.480. The van der Waals surface area contributed by atoms with Crippen LogP contribution in [-0.4, -0.2) is 0 Å². The third-order valence-electron chi connectivity index (χ3n) is 3.59. The zero-order valence-corrected chi connectivity index (χ0v) is 13.3. The summed E-state index contributed by atoms with van der Waals surface area (Å²) in [5.41, 5.74) is 4.79. The molecule has 2 aromatic rings. The predicted octanol–water partition coefficient (Wildman–Crippen LogP) is 4.17. The molecule has 0 saturated carbocycles. The van der Waals surface area contributed by atoms with E-state index >= 15 is 0 Å². The molecule has 21 heavy (non-hydrogen) atoms. The number of nitrogens with two attached hydrogens (primary N) is 1. The van der Waals surface area contributed by atoms with Crippen molar-refractivity contribution in [1.82, 2.24) is 5.43 Å². The molecule has 2 rings (SSSR count). The van der Waals surface area contributed by atoms with Crippen LogP contribution in [-0.2, 0) is 6.42 Å². The van der Waals surface area contributed by atoms with Gasteiger partial charge in [-0.3, -0.25) is 11.3 Å². The molecule has 0 aliphatic carbocycles. The standard InChI is InChI=1S/C16H17BrF2N2/c1-10-4-2-3-5-11(10)6-9-14(21-20)15-13(18)8-7-12(17)16(15)19/h2-5,7-8,14,21H,6,9,20H2,1H3. The Morgan fingerprint density at radius 3 is 2.57 bits per heavy atom. The molecule has 112 valence electrons. The van der Waals surface area contributed by atoms with Gasteiger partial charge in [0.1, 0.15) is 11.6 Å². The van der Waals surface area contributed by atoms with Crippen LogP contribution in [0.1, 0.15) is 29.2 Å². The molecule has 0 aromatic heterocycles. The van der Waals surface area contributed by atoms with Crippen molar-refractivity contribution in [3.8, 4) is 0 Å². The summed E-state index contributed by atoms with van der Waals surface area (Å²) in [6.45, 7) is 2.01. The maximum atomic E-state index is 14.1. The molecule has 0 heterocycles. The normalized spacial score (nSPS) is 12.4. The van der Waals surface area contributed by atoms with Crippen LogP contribution in [0.25, 0.3) is 0 Å². The minimum Gasteiger partial charge on any atom is -0.271 e. The maximum Gasteiger partial charge on any atom is 0.145 e. The number of hydrogen-bond donors (Lipinski definition) is 2. The molecule has 0 aliphatic heterocycles. The van der Waals surface area contributed by atoms with Crippen LogP contribution < -0.4 is 11.3 Å². The van der Waals surface area contributed by atoms with E-state index in [0.717, 1.165) is 11.1 Å². The van der Waals surface area contributed by atoms with Gasteiger partial charge in [0.05, 0.1) is 10.5 Å². The third kappa shape index (κ3) is 3.67. The first-order chi connectivity index (χ1) is 10.0. The van der Waals surface area contributed by atoms with Gasteiger partial charge in [0, 0.05) is 5.56 Å². The molecule has 0 fully saturated rings. The fourth-order valence-corrected chi connectivity index (χ4v) is 2.71. The number of hydrazine groups is 1. The van der Waals surface area contributed by atoms with E-state index in [9.17, 15) is 8.78 Å². The summed E-state index contributed by atoms with van der Waals surface area (Å²) in [6.07, 6.45) is 1.19. The van der Waals surface area contributed by atoms with Crippen molar-refractivity contribution in [2.45, 2.75) is 25.8 Å². The van der Waals surface area contributed by atoms with E-state index < -0.39 is 17.7 Å². The first-order valence-corrected chi connectivity index (χ1v) is 7.48. The van der Waals surface area contributed by atoms with Crippen LogP contribution in [0.5, 0.6) is 0 Å². The number of hydrogen-bond acceptors (Lipinski definition) is 2. The minimum atomic E-state index is -0.609. The fraction of sp³-hybridized carbons (Fsp3) is 0.250. The zero-order chi connectivity index (χ0) is 15.4. The molecule has 0 spiro atoms. The second-order valence-electron chi connectivity index (χ2n) is 4.94. The Morgan fingerprint density at radius 2 is 1.90 bits per heavy atom. The Morgan fingerprint density at radius 1 is 1.19 bits per heavy atom. The molecular formula is C16H17BrF2N2. The molecule has 2 nitrogen and oxygen atoms in total. The van der Waals surface area contributed by atoms with Crippen LogP contribution >= 0.6 is 15.9 Å². The average molecular weight is 355 g/mol. The fourth-order valence-electron chi connectivity index (χ4n) is 2.36. The number of nitrogens with one attached hydrogen (secondary N) is 1. The van der Waals surface area contributed by atoms with Gasteiger partial charge < -0.3 is 0 Å². The van der Waals surface area contributed by atoms with Gasteiger partial charge in [-0.2, -0.15) is 0 Å². The van der Waals surface area contributed by atoms with Crippen molar-refractivity contribution in [3.05, 3.63) is 69.2 Å². The Balaban J connectivity index is 2.22. The predicted molar refractivity (Wildman–Crippen MR) is 83.6 cm³/mol. The monoisotopic (exact) mass is 354 g/mol. The van der Waals surface area contributed by atoms with Crippen molar-refractivity contribution < 1.29 is 8.78 Å². The van der Waals surface area contributed by atoms with Crippen LogP contribution in [0.2, 0.25) is 0 Å². The van der Waals surface area contributed by atoms with Crippen LogP contribution in [0.4, 0.5) is 8.78 Å². The number of rotatable bonds is 5. The van der Waals surface area contributed by atoms with Crippen molar-refractivity contribution in [3.63, 3.8) is 0 Å². The second-order valence-corrected chi connectivity index (χ2v) is 5.80. The Kier molecular flexibility index (Phi) is 5.45. The first-order valence-electron chi connectivity index (χ1n) is 6.68. The Bertz CT molecular complexity index is 632. The topological polar surface area (TPSA) is 38.0 Å². The summed E-state index contributed by atoms with van der Waals surface area (Å²) in [4.78, 5) is 0. The van der Waals surface area contributed by atoms with Gasteiger partial charge in [-0.1, -0.05) is 24.3 Å². The van der Waals surface area contributed by atoms with E-state index in [2.05, 4.69) is 21.4 Å². The highest BCUT2D eigenvalue weighted by molar-refractivity contribution is 9.10. The largest absolute Gasteiger partial charge is 0.271 e. The molecule has 0 aliphatic rings. The van der Waals surface area contributed by atoms with Gasteiger partial charge in [0.15, 0.2) is 0 Å². The molecule has 0 bridgehead atoms. The lowest BCUT2D eigenvalue weighted by atomic mass is 9.96. The van der Waals surface area contributed by atoms with E-state index in [1.165, 1.54) is 12.1 Å². The third-order valence-corrected chi connectivity index (χ3v) is 4.21. The first kappa shape index (κ1) is 16.1. The number of aryl methyl sites for hydroxylation is 2. The van der Waals surface area contributed by atoms with E-state index in [1.54, 1.807) is 0 Å². The van der Waals surface area contributed by atoms with Crippen LogP contribution in [0.15, 0.2) is 40.9 Å². The van der Waals surface area contributed by atoms with Crippen molar-refractivity contribution in [2.75, 3.05) is 0 Å². The summed E-state index contributed by atoms with van der Waals surface area (Å²) in [5, 5.41) is 0. The summed E-state index contributed by atoms with van der Waals surface area (Å²) in [7, 11) is 0. The molecule has 1 unspecified atom stereocenters. The highest BCUT2D eigenvalue weighted by Crippen LogP contribution is 2.29. The molecular weight excluding hydrogens is 338 g/mol. The average Bonchev–Trinajstić information content (AvgIpc) is 2.48. The summed E-state index contributed by atoms with van der Waals surface area (Å²) >= 11 is 3.08. The van der Waals surface area contributed by atoms with Crippen molar-refractivity contribution >= 4 is 15.9 Å². The molecule has 5 heteroatoms. The van der Waals surface area contributed by atoms with Gasteiger partial charge in [0.2, 0.25) is 0 Å². The van der Waals surface area contributed by atoms with Gasteiger partial charge in [-0.05, 0) is 59.0 Å². The Hall–Kier alpha value is -1.30. The zero-order valence-electron chi connectivity index (χ0n) is 11.7. The Labute approximate surface area is 131 Å². The molecule has 0 saturated heterocycles. The summed E-state index contributed by atoms with van der Waals surface area (Å²) < 4.78 is 28.3. The number of halogens is 3. The lowest BCUT2D eigenvalue weighted by molar-refractivity contribution is 0.452. The van der Waals surface area contributed by atoms with Gasteiger partial charge in [-0.15, -0.1) is 0 Å². The highest BCUT2D eigenvalue weighted by Gasteiger charge is 2.21. The molecule has 1 atom stereocenters. The van der Waals surface area contributed by atoms with Gasteiger partial charge in [0.25, 0.3) is 0 Å². The number of benzene rings is 2. The van der Waals surface area contributed by atoms with Crippen LogP contribution in [0, 0.1) is 18.6 Å². The summed E-state index contributed by atoms with van der Waals surface area (Å²) in [6, 6.07) is 9.95. The van der Waals surface area contributed by atoms with Crippen molar-refractivity contribution in [2.24, 2.45) is 5.84 Å². The molecule has 3 N–H and O–H groups in total. The van der Waals surface area contributed by atoms with Gasteiger partial charge >= 0.3 is 0 Å². The van der Waals surface area contributed by atoms with E-state index in [4.69, 9.17) is 5.84 Å². The van der Waals surface area contributed by atoms with Gasteiger partial charge in [-0.25, -0.2) is 8.78 Å². The molecule has 0 amide bonds. The van der Waals surface area contributed by atoms with E-state index in [-0.39, 0.29) is 10.0 Å². The highest BCUT2D eigenvalue weighted by atomic mass is 79.9. The molecule has 2 aromatic carbocycles. The smallest absolute Gasteiger partial charge is 0.145 e. The van der Waals surface area contributed by atoms with Crippen molar-refractivity contribution in [1.29, 1.82) is 0 Å². The molecule has 0 radical (unpaired) electrons. The lowest BCUT2D eigenvalue weighted by Crippen LogP contribution is -2.30. The maximum absolute atomic E-state index is 14.1. The SMILES string of the molecule is Cc1ccccc1CCC(NN)c1c(F)ccc(Br)c1F. The second kappa shape index (κ2) is 7.11. The minimum absolute atomic E-state index is 0.0274. The van der Waals surface area contributed by atoms with E-state index in [1.807, 2.05) is 31.2 Å². The lowest BCUT2D eigenvalue weighted by Gasteiger charge is -2.19. The van der Waals surface area contributed by atoms with Crippen LogP contribution in [0.3, 0.4) is 0 Å². The summed E-state index contributed by atoms with van der Waals surface area (Å²) in [5.74, 6) is 4.29.